The highest BCUT2D eigenvalue weighted by atomic mass is 35.5. The largest absolute Gasteiger partial charge is 0.484 e. The lowest BCUT2D eigenvalue weighted by molar-refractivity contribution is -0.122. The van der Waals surface area contributed by atoms with E-state index in [4.69, 9.17) is 26.8 Å². The molecule has 2 rings (SSSR count). The SMILES string of the molecule is C[C@H](Oc1cccc(Cl)c1)C(=O)Nc1cccc(OCC(N)=O)c1. The van der Waals surface area contributed by atoms with E-state index in [0.29, 0.717) is 22.2 Å². The predicted molar refractivity (Wildman–Crippen MR) is 91.3 cm³/mol. The second-order valence-corrected chi connectivity index (χ2v) is 5.43. The number of halogens is 1. The summed E-state index contributed by atoms with van der Waals surface area (Å²) in [5.74, 6) is 0.0220. The summed E-state index contributed by atoms with van der Waals surface area (Å²) < 4.78 is 10.7. The zero-order valence-electron chi connectivity index (χ0n) is 13.0. The van der Waals surface area contributed by atoms with Crippen LogP contribution in [0.2, 0.25) is 5.02 Å². The Morgan fingerprint density at radius 1 is 1.17 bits per heavy atom. The maximum Gasteiger partial charge on any atom is 0.265 e. The monoisotopic (exact) mass is 348 g/mol. The lowest BCUT2D eigenvalue weighted by Crippen LogP contribution is -2.30. The van der Waals surface area contributed by atoms with Gasteiger partial charge in [-0.2, -0.15) is 0 Å². The predicted octanol–water partition coefficient (Wildman–Crippen LogP) is 2.61. The highest BCUT2D eigenvalue weighted by Gasteiger charge is 2.15. The van der Waals surface area contributed by atoms with Gasteiger partial charge in [-0.3, -0.25) is 9.59 Å². The second-order valence-electron chi connectivity index (χ2n) is 4.99. The fourth-order valence-electron chi connectivity index (χ4n) is 1.86. The molecule has 0 unspecified atom stereocenters. The van der Waals surface area contributed by atoms with Crippen LogP contribution < -0.4 is 20.5 Å². The summed E-state index contributed by atoms with van der Waals surface area (Å²) in [5.41, 5.74) is 5.54. The minimum absolute atomic E-state index is 0.230. The smallest absolute Gasteiger partial charge is 0.265 e. The van der Waals surface area contributed by atoms with Crippen molar-refractivity contribution in [2.45, 2.75) is 13.0 Å². The number of carbonyl (C=O) groups excluding carboxylic acids is 2. The van der Waals surface area contributed by atoms with Crippen molar-refractivity contribution >= 4 is 29.1 Å². The zero-order valence-corrected chi connectivity index (χ0v) is 13.7. The third-order valence-electron chi connectivity index (χ3n) is 2.96. The summed E-state index contributed by atoms with van der Waals surface area (Å²) in [6.07, 6.45) is -0.723. The molecule has 2 aromatic rings. The molecule has 2 amide bonds. The first kappa shape index (κ1) is 17.6. The number of anilines is 1. The number of amides is 2. The van der Waals surface area contributed by atoms with E-state index in [-0.39, 0.29) is 12.5 Å². The van der Waals surface area contributed by atoms with Gasteiger partial charge in [0, 0.05) is 16.8 Å². The van der Waals surface area contributed by atoms with Crippen molar-refractivity contribution in [3.05, 3.63) is 53.6 Å². The summed E-state index contributed by atoms with van der Waals surface area (Å²) in [5, 5.41) is 3.24. The standard InChI is InChI=1S/C17H17ClN2O4/c1-11(24-15-7-2-4-12(18)8-15)17(22)20-13-5-3-6-14(9-13)23-10-16(19)21/h2-9,11H,10H2,1H3,(H2,19,21)(H,20,22)/t11-/m0/s1. The highest BCUT2D eigenvalue weighted by Crippen LogP contribution is 2.20. The lowest BCUT2D eigenvalue weighted by Gasteiger charge is -2.15. The van der Waals surface area contributed by atoms with Gasteiger partial charge in [-0.05, 0) is 37.3 Å². The van der Waals surface area contributed by atoms with Crippen LogP contribution in [0.25, 0.3) is 0 Å². The fourth-order valence-corrected chi connectivity index (χ4v) is 2.04. The molecule has 0 aliphatic heterocycles. The molecule has 0 fully saturated rings. The van der Waals surface area contributed by atoms with Crippen molar-refractivity contribution in [3.63, 3.8) is 0 Å². The quantitative estimate of drug-likeness (QED) is 0.804. The second kappa shape index (κ2) is 8.21. The summed E-state index contributed by atoms with van der Waals surface area (Å²) in [4.78, 5) is 22.9. The van der Waals surface area contributed by atoms with E-state index < -0.39 is 12.0 Å². The lowest BCUT2D eigenvalue weighted by atomic mass is 10.2. The number of ether oxygens (including phenoxy) is 2. The van der Waals surface area contributed by atoms with E-state index in [1.807, 2.05) is 0 Å². The van der Waals surface area contributed by atoms with Crippen LogP contribution in [0.5, 0.6) is 11.5 Å². The number of carbonyl (C=O) groups is 2. The van der Waals surface area contributed by atoms with Crippen molar-refractivity contribution in [1.82, 2.24) is 0 Å². The number of benzene rings is 2. The molecule has 0 spiro atoms. The number of hydrogen-bond donors (Lipinski definition) is 2. The van der Waals surface area contributed by atoms with Gasteiger partial charge in [0.15, 0.2) is 12.7 Å². The van der Waals surface area contributed by atoms with Crippen LogP contribution in [0.3, 0.4) is 0 Å². The van der Waals surface area contributed by atoms with Gasteiger partial charge in [0.05, 0.1) is 0 Å². The molecular formula is C17H17ClN2O4. The van der Waals surface area contributed by atoms with Gasteiger partial charge in [-0.1, -0.05) is 23.7 Å². The number of nitrogens with two attached hydrogens (primary N) is 1. The Morgan fingerprint density at radius 3 is 2.58 bits per heavy atom. The first-order chi connectivity index (χ1) is 11.4. The third-order valence-corrected chi connectivity index (χ3v) is 3.20. The van der Waals surface area contributed by atoms with Gasteiger partial charge in [0.25, 0.3) is 11.8 Å². The fraction of sp³-hybridized carbons (Fsp3) is 0.176. The molecule has 0 saturated heterocycles. The molecule has 126 valence electrons. The average Bonchev–Trinajstić information content (AvgIpc) is 2.53. The van der Waals surface area contributed by atoms with Gasteiger partial charge in [-0.15, -0.1) is 0 Å². The van der Waals surface area contributed by atoms with E-state index in [2.05, 4.69) is 5.32 Å². The van der Waals surface area contributed by atoms with E-state index in [1.165, 1.54) is 0 Å². The molecule has 0 aliphatic carbocycles. The van der Waals surface area contributed by atoms with Crippen molar-refractivity contribution in [3.8, 4) is 11.5 Å². The Balaban J connectivity index is 1.95. The Labute approximate surface area is 144 Å². The van der Waals surface area contributed by atoms with Crippen molar-refractivity contribution < 1.29 is 19.1 Å². The molecular weight excluding hydrogens is 332 g/mol. The van der Waals surface area contributed by atoms with Crippen LogP contribution >= 0.6 is 11.6 Å². The summed E-state index contributed by atoms with van der Waals surface area (Å²) >= 11 is 5.88. The Kier molecular flexibility index (Phi) is 6.03. The minimum atomic E-state index is -0.723. The van der Waals surface area contributed by atoms with E-state index in [9.17, 15) is 9.59 Å². The van der Waals surface area contributed by atoms with Crippen LogP contribution in [0.15, 0.2) is 48.5 Å². The zero-order chi connectivity index (χ0) is 17.5. The molecule has 0 aliphatic rings. The van der Waals surface area contributed by atoms with E-state index >= 15 is 0 Å². The van der Waals surface area contributed by atoms with Gasteiger partial charge in [0.1, 0.15) is 11.5 Å². The number of rotatable bonds is 7. The van der Waals surface area contributed by atoms with Crippen LogP contribution in [0.4, 0.5) is 5.69 Å². The maximum absolute atomic E-state index is 12.2. The minimum Gasteiger partial charge on any atom is -0.484 e. The van der Waals surface area contributed by atoms with E-state index in [0.717, 1.165) is 0 Å². The topological polar surface area (TPSA) is 90.7 Å². The molecule has 0 aromatic heterocycles. The molecule has 7 heteroatoms. The normalized spacial score (nSPS) is 11.4. The Bertz CT molecular complexity index is 736. The number of primary amides is 1. The van der Waals surface area contributed by atoms with Crippen molar-refractivity contribution in [2.75, 3.05) is 11.9 Å². The van der Waals surface area contributed by atoms with Gasteiger partial charge in [-0.25, -0.2) is 0 Å². The van der Waals surface area contributed by atoms with Crippen LogP contribution in [0.1, 0.15) is 6.92 Å². The molecule has 24 heavy (non-hydrogen) atoms. The van der Waals surface area contributed by atoms with Crippen LogP contribution in [-0.4, -0.2) is 24.5 Å². The first-order valence-corrected chi connectivity index (χ1v) is 7.56. The van der Waals surface area contributed by atoms with Gasteiger partial charge in [0.2, 0.25) is 0 Å². The molecule has 0 radical (unpaired) electrons. The highest BCUT2D eigenvalue weighted by molar-refractivity contribution is 6.30. The van der Waals surface area contributed by atoms with Gasteiger partial charge >= 0.3 is 0 Å². The molecule has 0 bridgehead atoms. The summed E-state index contributed by atoms with van der Waals surface area (Å²) in [6, 6.07) is 13.4. The molecule has 0 heterocycles. The third kappa shape index (κ3) is 5.48. The maximum atomic E-state index is 12.2. The Hall–Kier alpha value is -2.73. The molecule has 0 saturated carbocycles. The van der Waals surface area contributed by atoms with Crippen molar-refractivity contribution in [2.24, 2.45) is 5.73 Å². The van der Waals surface area contributed by atoms with E-state index in [1.54, 1.807) is 55.5 Å². The summed E-state index contributed by atoms with van der Waals surface area (Å²) in [6.45, 7) is 1.40. The summed E-state index contributed by atoms with van der Waals surface area (Å²) in [7, 11) is 0. The van der Waals surface area contributed by atoms with Crippen LogP contribution in [-0.2, 0) is 9.59 Å². The van der Waals surface area contributed by atoms with Crippen molar-refractivity contribution in [1.29, 1.82) is 0 Å². The van der Waals surface area contributed by atoms with Crippen LogP contribution in [0, 0.1) is 0 Å². The molecule has 6 nitrogen and oxygen atoms in total. The molecule has 1 atom stereocenters. The first-order valence-electron chi connectivity index (χ1n) is 7.18. The average molecular weight is 349 g/mol. The van der Waals surface area contributed by atoms with Gasteiger partial charge < -0.3 is 20.5 Å². The molecule has 2 aromatic carbocycles. The Morgan fingerprint density at radius 2 is 1.88 bits per heavy atom. The number of nitrogens with one attached hydrogen (secondary N) is 1. The molecule has 3 N–H and O–H groups in total. The number of hydrogen-bond acceptors (Lipinski definition) is 4.